The van der Waals surface area contributed by atoms with Crippen molar-refractivity contribution in [3.05, 3.63) is 27.9 Å². The van der Waals surface area contributed by atoms with Crippen LogP contribution in [-0.4, -0.2) is 29.7 Å². The zero-order chi connectivity index (χ0) is 11.4. The predicted octanol–water partition coefficient (Wildman–Crippen LogP) is 0.165. The largest absolute Gasteiger partial charge is 0.381 e. The maximum absolute atomic E-state index is 11.5. The van der Waals surface area contributed by atoms with Crippen LogP contribution in [0, 0.1) is 0 Å². The Hall–Kier alpha value is -1.20. The van der Waals surface area contributed by atoms with Crippen molar-refractivity contribution in [1.29, 1.82) is 0 Å². The summed E-state index contributed by atoms with van der Waals surface area (Å²) in [6, 6.07) is 1.52. The topological polar surface area (TPSA) is 81.0 Å². The first-order chi connectivity index (χ1) is 7.79. The van der Waals surface area contributed by atoms with Crippen molar-refractivity contribution in [2.75, 3.05) is 19.8 Å². The molecule has 1 saturated heterocycles. The van der Waals surface area contributed by atoms with Gasteiger partial charge in [-0.3, -0.25) is 4.79 Å². The van der Waals surface area contributed by atoms with Crippen LogP contribution < -0.4 is 11.3 Å². The molecule has 0 amide bonds. The molecule has 5 nitrogen and oxygen atoms in total. The quantitative estimate of drug-likeness (QED) is 0.765. The van der Waals surface area contributed by atoms with Gasteiger partial charge in [-0.15, -0.1) is 0 Å². The summed E-state index contributed by atoms with van der Waals surface area (Å²) in [5.41, 5.74) is 6.17. The zero-order valence-corrected chi connectivity index (χ0v) is 9.24. The molecule has 0 aliphatic carbocycles. The van der Waals surface area contributed by atoms with Crippen molar-refractivity contribution in [3.8, 4) is 0 Å². The number of aromatic amines is 1. The monoisotopic (exact) mass is 223 g/mol. The summed E-state index contributed by atoms with van der Waals surface area (Å²) >= 11 is 0. The minimum Gasteiger partial charge on any atom is -0.381 e. The molecule has 0 saturated carbocycles. The number of rotatable bonds is 3. The van der Waals surface area contributed by atoms with Gasteiger partial charge in [-0.25, -0.2) is 4.98 Å². The van der Waals surface area contributed by atoms with Crippen LogP contribution in [0.1, 0.15) is 30.3 Å². The van der Waals surface area contributed by atoms with Gasteiger partial charge < -0.3 is 15.5 Å². The second-order valence-electron chi connectivity index (χ2n) is 4.05. The van der Waals surface area contributed by atoms with Crippen LogP contribution in [0.2, 0.25) is 0 Å². The lowest BCUT2D eigenvalue weighted by Gasteiger charge is -2.21. The zero-order valence-electron chi connectivity index (χ0n) is 9.24. The Morgan fingerprint density at radius 3 is 2.94 bits per heavy atom. The van der Waals surface area contributed by atoms with E-state index in [9.17, 15) is 4.79 Å². The number of nitrogens with zero attached hydrogens (tertiary/aromatic N) is 1. The molecule has 3 N–H and O–H groups in total. The average Bonchev–Trinajstić information content (AvgIpc) is 2.30. The van der Waals surface area contributed by atoms with E-state index in [2.05, 4.69) is 9.97 Å². The van der Waals surface area contributed by atoms with E-state index in [0.29, 0.717) is 18.9 Å². The lowest BCUT2D eigenvalue weighted by atomic mass is 9.99. The molecule has 88 valence electrons. The summed E-state index contributed by atoms with van der Waals surface area (Å²) in [6.07, 6.45) is 2.50. The molecule has 1 aromatic heterocycles. The van der Waals surface area contributed by atoms with Crippen LogP contribution >= 0.6 is 0 Å². The highest BCUT2D eigenvalue weighted by molar-refractivity contribution is 5.07. The molecule has 1 aliphatic rings. The molecule has 0 spiro atoms. The Kier molecular flexibility index (Phi) is 3.69. The highest BCUT2D eigenvalue weighted by atomic mass is 16.5. The fourth-order valence-electron chi connectivity index (χ4n) is 1.97. The minimum atomic E-state index is -0.0834. The molecule has 2 heterocycles. The maximum Gasteiger partial charge on any atom is 0.251 e. The van der Waals surface area contributed by atoms with Crippen LogP contribution in [0.4, 0.5) is 0 Å². The highest BCUT2D eigenvalue weighted by Crippen LogP contribution is 2.23. The molecule has 0 bridgehead atoms. The van der Waals surface area contributed by atoms with Crippen LogP contribution in [0.5, 0.6) is 0 Å². The van der Waals surface area contributed by atoms with E-state index in [4.69, 9.17) is 10.5 Å². The first-order valence-corrected chi connectivity index (χ1v) is 5.67. The van der Waals surface area contributed by atoms with Crippen LogP contribution in [0.15, 0.2) is 10.9 Å². The van der Waals surface area contributed by atoms with E-state index in [0.717, 1.165) is 37.6 Å². The normalized spacial score (nSPS) is 17.6. The van der Waals surface area contributed by atoms with Crippen LogP contribution in [0.25, 0.3) is 0 Å². The molecule has 1 aliphatic heterocycles. The Labute approximate surface area is 94.0 Å². The molecule has 16 heavy (non-hydrogen) atoms. The van der Waals surface area contributed by atoms with E-state index in [-0.39, 0.29) is 5.56 Å². The SMILES string of the molecule is NCCc1cc(=O)[nH]c(C2CCOCC2)n1. The van der Waals surface area contributed by atoms with Crippen molar-refractivity contribution in [1.82, 2.24) is 9.97 Å². The molecule has 0 radical (unpaired) electrons. The number of aromatic nitrogens is 2. The van der Waals surface area contributed by atoms with Gasteiger partial charge in [0.2, 0.25) is 0 Å². The second kappa shape index (κ2) is 5.23. The lowest BCUT2D eigenvalue weighted by molar-refractivity contribution is 0.0835. The number of nitrogens with one attached hydrogen (secondary N) is 1. The van der Waals surface area contributed by atoms with Crippen molar-refractivity contribution in [2.45, 2.75) is 25.2 Å². The number of hydrogen-bond acceptors (Lipinski definition) is 4. The minimum absolute atomic E-state index is 0.0834. The number of H-pyrrole nitrogens is 1. The lowest BCUT2D eigenvalue weighted by Crippen LogP contribution is -2.21. The first kappa shape index (κ1) is 11.3. The van der Waals surface area contributed by atoms with Gasteiger partial charge in [-0.2, -0.15) is 0 Å². The molecule has 5 heteroatoms. The molecule has 0 aromatic carbocycles. The Balaban J connectivity index is 2.21. The molecule has 0 atom stereocenters. The van der Waals surface area contributed by atoms with Gasteiger partial charge in [0, 0.05) is 37.3 Å². The summed E-state index contributed by atoms with van der Waals surface area (Å²) in [7, 11) is 0. The number of hydrogen-bond donors (Lipinski definition) is 2. The number of ether oxygens (including phenoxy) is 1. The smallest absolute Gasteiger partial charge is 0.251 e. The fraction of sp³-hybridized carbons (Fsp3) is 0.636. The van der Waals surface area contributed by atoms with Gasteiger partial charge in [-0.05, 0) is 19.4 Å². The van der Waals surface area contributed by atoms with Gasteiger partial charge >= 0.3 is 0 Å². The molecular weight excluding hydrogens is 206 g/mol. The Morgan fingerprint density at radius 1 is 1.50 bits per heavy atom. The molecule has 0 unspecified atom stereocenters. The molecule has 1 fully saturated rings. The van der Waals surface area contributed by atoms with E-state index >= 15 is 0 Å². The summed E-state index contributed by atoms with van der Waals surface area (Å²) in [6.45, 7) is 2.01. The van der Waals surface area contributed by atoms with Crippen LogP contribution in [0.3, 0.4) is 0 Å². The average molecular weight is 223 g/mol. The molecule has 2 rings (SSSR count). The van der Waals surface area contributed by atoms with E-state index in [1.165, 1.54) is 6.07 Å². The summed E-state index contributed by atoms with van der Waals surface area (Å²) in [5.74, 6) is 1.11. The first-order valence-electron chi connectivity index (χ1n) is 5.67. The number of nitrogens with two attached hydrogens (primary N) is 1. The summed E-state index contributed by atoms with van der Waals surface area (Å²) in [4.78, 5) is 18.7. The highest BCUT2D eigenvalue weighted by Gasteiger charge is 2.18. The second-order valence-corrected chi connectivity index (χ2v) is 4.05. The summed E-state index contributed by atoms with van der Waals surface area (Å²) < 4.78 is 5.29. The van der Waals surface area contributed by atoms with E-state index < -0.39 is 0 Å². The summed E-state index contributed by atoms with van der Waals surface area (Å²) in [5, 5.41) is 0. The fourth-order valence-corrected chi connectivity index (χ4v) is 1.97. The van der Waals surface area contributed by atoms with Gasteiger partial charge in [0.1, 0.15) is 5.82 Å². The predicted molar refractivity (Wildman–Crippen MR) is 60.4 cm³/mol. The van der Waals surface area contributed by atoms with Gasteiger partial charge in [-0.1, -0.05) is 0 Å². The van der Waals surface area contributed by atoms with Gasteiger partial charge in [0.15, 0.2) is 0 Å². The van der Waals surface area contributed by atoms with E-state index in [1.54, 1.807) is 0 Å². The third kappa shape index (κ3) is 2.68. The van der Waals surface area contributed by atoms with Crippen molar-refractivity contribution in [3.63, 3.8) is 0 Å². The molecular formula is C11H17N3O2. The standard InChI is InChI=1S/C11H17N3O2/c12-4-1-9-7-10(15)14-11(13-9)8-2-5-16-6-3-8/h7-8H,1-6,12H2,(H,13,14,15). The maximum atomic E-state index is 11.5. The third-order valence-electron chi connectivity index (χ3n) is 2.82. The van der Waals surface area contributed by atoms with Crippen molar-refractivity contribution < 1.29 is 4.74 Å². The van der Waals surface area contributed by atoms with Crippen molar-refractivity contribution >= 4 is 0 Å². The molecule has 1 aromatic rings. The Bertz CT molecular complexity index is 396. The van der Waals surface area contributed by atoms with Gasteiger partial charge in [0.05, 0.1) is 0 Å². The van der Waals surface area contributed by atoms with E-state index in [1.807, 2.05) is 0 Å². The Morgan fingerprint density at radius 2 is 2.25 bits per heavy atom. The van der Waals surface area contributed by atoms with Crippen molar-refractivity contribution in [2.24, 2.45) is 5.73 Å². The van der Waals surface area contributed by atoms with Gasteiger partial charge in [0.25, 0.3) is 5.56 Å². The third-order valence-corrected chi connectivity index (χ3v) is 2.82. The van der Waals surface area contributed by atoms with Crippen LogP contribution in [-0.2, 0) is 11.2 Å².